The molecule has 0 atom stereocenters. The zero-order valence-electron chi connectivity index (χ0n) is 18.3. The molecule has 170 valence electrons. The van der Waals surface area contributed by atoms with Crippen molar-refractivity contribution < 1.29 is 17.9 Å². The zero-order valence-corrected chi connectivity index (χ0v) is 19.1. The van der Waals surface area contributed by atoms with Crippen LogP contribution in [0.2, 0.25) is 5.02 Å². The summed E-state index contributed by atoms with van der Waals surface area (Å²) < 4.78 is 48.7. The molecular weight excluding hydrogens is 445 g/mol. The fraction of sp³-hybridized carbons (Fsp3) is 0.214. The van der Waals surface area contributed by atoms with Crippen LogP contribution >= 0.6 is 11.6 Å². The molecular formula is C28H24ClF3O. The minimum Gasteiger partial charge on any atom is -0.380 e. The molecule has 0 saturated heterocycles. The molecule has 0 aliphatic carbocycles. The summed E-state index contributed by atoms with van der Waals surface area (Å²) in [5, 5.41) is 2.00. The number of fused-ring (bicyclic) bond motifs is 1. The van der Waals surface area contributed by atoms with Crippen LogP contribution in [-0.4, -0.2) is 7.11 Å². The van der Waals surface area contributed by atoms with E-state index < -0.39 is 11.6 Å². The smallest absolute Gasteiger partial charge is 0.134 e. The predicted molar refractivity (Wildman–Crippen MR) is 127 cm³/mol. The third kappa shape index (κ3) is 5.58. The van der Waals surface area contributed by atoms with Crippen molar-refractivity contribution in [1.82, 2.24) is 0 Å². The van der Waals surface area contributed by atoms with Crippen molar-refractivity contribution in [2.45, 2.75) is 32.3 Å². The number of aryl methyl sites for hydroxylation is 3. The Morgan fingerprint density at radius 3 is 2.06 bits per heavy atom. The summed E-state index contributed by atoms with van der Waals surface area (Å²) in [5.41, 5.74) is 3.17. The van der Waals surface area contributed by atoms with Crippen LogP contribution < -0.4 is 0 Å². The fourth-order valence-corrected chi connectivity index (χ4v) is 4.20. The first kappa shape index (κ1) is 23.3. The first-order valence-corrected chi connectivity index (χ1v) is 11.2. The van der Waals surface area contributed by atoms with Gasteiger partial charge in [-0.25, -0.2) is 13.2 Å². The number of hydrogen-bond donors (Lipinski definition) is 0. The average molecular weight is 469 g/mol. The largest absolute Gasteiger partial charge is 0.380 e. The lowest BCUT2D eigenvalue weighted by Crippen LogP contribution is -2.02. The van der Waals surface area contributed by atoms with Crippen LogP contribution in [0.5, 0.6) is 0 Å². The van der Waals surface area contributed by atoms with Gasteiger partial charge in [0, 0.05) is 23.1 Å². The Balaban J connectivity index is 1.47. The summed E-state index contributed by atoms with van der Waals surface area (Å²) in [5.74, 6) is -1.36. The quantitative estimate of drug-likeness (QED) is 0.258. The van der Waals surface area contributed by atoms with E-state index in [-0.39, 0.29) is 24.4 Å². The van der Waals surface area contributed by atoms with Crippen LogP contribution in [0.1, 0.15) is 27.8 Å². The van der Waals surface area contributed by atoms with Crippen LogP contribution in [0, 0.1) is 17.5 Å². The first-order valence-electron chi connectivity index (χ1n) is 10.8. The molecule has 0 radical (unpaired) electrons. The number of rotatable bonds is 8. The standard InChI is InChI=1S/C28H24ClF3O/c1-33-17-20-15-26(30)25(27(31)16-20)13-6-19-5-12-24-22(14-19)9-8-21(28(24)32)7-2-18-3-10-23(29)11-4-18/h3-5,8-12,14-16H,2,6-7,13,17H2,1H3. The van der Waals surface area contributed by atoms with Crippen LogP contribution in [-0.2, 0) is 37.0 Å². The second-order valence-electron chi connectivity index (χ2n) is 8.19. The van der Waals surface area contributed by atoms with E-state index in [4.69, 9.17) is 16.3 Å². The third-order valence-corrected chi connectivity index (χ3v) is 6.12. The lowest BCUT2D eigenvalue weighted by molar-refractivity contribution is 0.184. The Hall–Kier alpha value is -2.82. The van der Waals surface area contributed by atoms with E-state index in [2.05, 4.69) is 0 Å². The van der Waals surface area contributed by atoms with Gasteiger partial charge in [-0.3, -0.25) is 0 Å². The molecule has 0 spiro atoms. The minimum absolute atomic E-state index is 0.0543. The number of ether oxygens (including phenoxy) is 1. The molecule has 1 nitrogen and oxygen atoms in total. The Labute approximate surface area is 196 Å². The normalized spacial score (nSPS) is 11.3. The van der Waals surface area contributed by atoms with E-state index in [0.29, 0.717) is 34.4 Å². The highest BCUT2D eigenvalue weighted by atomic mass is 35.5. The second-order valence-corrected chi connectivity index (χ2v) is 8.63. The minimum atomic E-state index is -0.570. The summed E-state index contributed by atoms with van der Waals surface area (Å²) in [4.78, 5) is 0. The molecule has 0 amide bonds. The van der Waals surface area contributed by atoms with Gasteiger partial charge in [-0.1, -0.05) is 54.1 Å². The van der Waals surface area contributed by atoms with Crippen molar-refractivity contribution in [3.8, 4) is 0 Å². The van der Waals surface area contributed by atoms with Gasteiger partial charge in [0.25, 0.3) is 0 Å². The lowest BCUT2D eigenvalue weighted by atomic mass is 9.97. The van der Waals surface area contributed by atoms with Gasteiger partial charge in [0.05, 0.1) is 6.61 Å². The molecule has 0 fully saturated rings. The molecule has 4 rings (SSSR count). The van der Waals surface area contributed by atoms with Crippen molar-refractivity contribution in [3.05, 3.63) is 117 Å². The maximum absolute atomic E-state index is 15.1. The summed E-state index contributed by atoms with van der Waals surface area (Å²) in [6.45, 7) is 0.159. The van der Waals surface area contributed by atoms with Crippen molar-refractivity contribution >= 4 is 22.4 Å². The molecule has 5 heteroatoms. The molecule has 33 heavy (non-hydrogen) atoms. The van der Waals surface area contributed by atoms with E-state index in [0.717, 1.165) is 22.9 Å². The van der Waals surface area contributed by atoms with Gasteiger partial charge in [0.1, 0.15) is 17.5 Å². The highest BCUT2D eigenvalue weighted by Crippen LogP contribution is 2.25. The summed E-state index contributed by atoms with van der Waals surface area (Å²) in [7, 11) is 1.48. The fourth-order valence-electron chi connectivity index (χ4n) is 4.08. The summed E-state index contributed by atoms with van der Waals surface area (Å²) >= 11 is 5.92. The molecule has 0 unspecified atom stereocenters. The summed E-state index contributed by atoms with van der Waals surface area (Å²) in [6.07, 6.45) is 1.98. The van der Waals surface area contributed by atoms with E-state index in [1.165, 1.54) is 19.2 Å². The van der Waals surface area contributed by atoms with Crippen molar-refractivity contribution in [3.63, 3.8) is 0 Å². The number of benzene rings is 4. The van der Waals surface area contributed by atoms with Gasteiger partial charge in [0.2, 0.25) is 0 Å². The monoisotopic (exact) mass is 468 g/mol. The Kier molecular flexibility index (Phi) is 7.36. The van der Waals surface area contributed by atoms with E-state index in [9.17, 15) is 8.78 Å². The number of halogens is 4. The van der Waals surface area contributed by atoms with E-state index >= 15 is 4.39 Å². The van der Waals surface area contributed by atoms with E-state index in [1.807, 2.05) is 48.5 Å². The molecule has 0 aliphatic heterocycles. The highest BCUT2D eigenvalue weighted by molar-refractivity contribution is 6.30. The molecule has 0 heterocycles. The predicted octanol–water partition coefficient (Wildman–Crippen LogP) is 7.63. The van der Waals surface area contributed by atoms with Gasteiger partial charge >= 0.3 is 0 Å². The number of methoxy groups -OCH3 is 1. The molecule has 0 bridgehead atoms. The van der Waals surface area contributed by atoms with Crippen LogP contribution in [0.3, 0.4) is 0 Å². The van der Waals surface area contributed by atoms with Crippen molar-refractivity contribution in [2.24, 2.45) is 0 Å². The Morgan fingerprint density at radius 2 is 1.36 bits per heavy atom. The van der Waals surface area contributed by atoms with Gasteiger partial charge in [0.15, 0.2) is 0 Å². The molecule has 0 aromatic heterocycles. The molecule has 0 aliphatic rings. The number of hydrogen-bond acceptors (Lipinski definition) is 1. The van der Waals surface area contributed by atoms with Gasteiger partial charge < -0.3 is 4.74 Å². The Morgan fingerprint density at radius 1 is 0.697 bits per heavy atom. The second kappa shape index (κ2) is 10.4. The van der Waals surface area contributed by atoms with Gasteiger partial charge in [-0.2, -0.15) is 0 Å². The third-order valence-electron chi connectivity index (χ3n) is 5.87. The molecule has 4 aromatic carbocycles. The highest BCUT2D eigenvalue weighted by Gasteiger charge is 2.13. The van der Waals surface area contributed by atoms with Gasteiger partial charge in [-0.05, 0) is 77.6 Å². The first-order chi connectivity index (χ1) is 15.9. The summed E-state index contributed by atoms with van der Waals surface area (Å²) in [6, 6.07) is 19.4. The lowest BCUT2D eigenvalue weighted by Gasteiger charge is -2.10. The van der Waals surface area contributed by atoms with Crippen molar-refractivity contribution in [1.29, 1.82) is 0 Å². The van der Waals surface area contributed by atoms with E-state index in [1.54, 1.807) is 6.07 Å². The average Bonchev–Trinajstić information content (AvgIpc) is 2.79. The molecule has 4 aromatic rings. The topological polar surface area (TPSA) is 9.23 Å². The molecule has 0 saturated carbocycles. The maximum Gasteiger partial charge on any atom is 0.134 e. The van der Waals surface area contributed by atoms with Crippen LogP contribution in [0.4, 0.5) is 13.2 Å². The van der Waals surface area contributed by atoms with Gasteiger partial charge in [-0.15, -0.1) is 0 Å². The van der Waals surface area contributed by atoms with Crippen molar-refractivity contribution in [2.75, 3.05) is 7.11 Å². The maximum atomic E-state index is 15.1. The molecule has 0 N–H and O–H groups in total. The van der Waals surface area contributed by atoms with Crippen LogP contribution in [0.15, 0.2) is 66.7 Å². The SMILES string of the molecule is COCc1cc(F)c(CCc2ccc3c(F)c(CCc4ccc(Cl)cc4)ccc3c2)c(F)c1. The van der Waals surface area contributed by atoms with Crippen LogP contribution in [0.25, 0.3) is 10.8 Å². The Bertz CT molecular complexity index is 1250. The zero-order chi connectivity index (χ0) is 23.4.